The highest BCUT2D eigenvalue weighted by Crippen LogP contribution is 2.17. The quantitative estimate of drug-likeness (QED) is 0.785. The SMILES string of the molecule is N#Cc1c2n(c(=O)n(CC(=O)NC(=O)NC3CCCCC3)c1=O)CCC2. The van der Waals surface area contributed by atoms with E-state index in [0.29, 0.717) is 25.1 Å². The Balaban J connectivity index is 1.72. The molecule has 2 heterocycles. The number of amides is 3. The van der Waals surface area contributed by atoms with Gasteiger partial charge in [0.25, 0.3) is 5.56 Å². The highest BCUT2D eigenvalue weighted by molar-refractivity contribution is 5.94. The zero-order valence-electron chi connectivity index (χ0n) is 14.4. The second-order valence-corrected chi connectivity index (χ2v) is 6.72. The van der Waals surface area contributed by atoms with Crippen LogP contribution in [0.1, 0.15) is 49.8 Å². The first-order valence-electron chi connectivity index (χ1n) is 8.88. The molecule has 0 bridgehead atoms. The standard InChI is InChI=1S/C17H21N5O4/c18-9-12-13-7-4-8-21(13)17(26)22(15(12)24)10-14(23)20-16(25)19-11-5-2-1-3-6-11/h11H,1-8,10H2,(H2,19,20,23,25). The maximum Gasteiger partial charge on any atom is 0.331 e. The molecule has 1 fully saturated rings. The van der Waals surface area contributed by atoms with Gasteiger partial charge in [-0.25, -0.2) is 14.2 Å². The van der Waals surface area contributed by atoms with Crippen molar-refractivity contribution >= 4 is 11.9 Å². The Hall–Kier alpha value is -2.89. The minimum atomic E-state index is -0.784. The van der Waals surface area contributed by atoms with E-state index in [1.54, 1.807) is 0 Å². The molecule has 9 nitrogen and oxygen atoms in total. The summed E-state index contributed by atoms with van der Waals surface area (Å²) in [6.45, 7) is -0.183. The molecule has 26 heavy (non-hydrogen) atoms. The summed E-state index contributed by atoms with van der Waals surface area (Å²) in [7, 11) is 0. The molecule has 2 aliphatic rings. The van der Waals surface area contributed by atoms with Crippen molar-refractivity contribution in [3.8, 4) is 6.07 Å². The van der Waals surface area contributed by atoms with Crippen LogP contribution in [0.15, 0.2) is 9.59 Å². The summed E-state index contributed by atoms with van der Waals surface area (Å²) in [6.07, 6.45) is 6.13. The summed E-state index contributed by atoms with van der Waals surface area (Å²) >= 11 is 0. The van der Waals surface area contributed by atoms with Crippen molar-refractivity contribution in [2.45, 2.75) is 64.1 Å². The summed E-state index contributed by atoms with van der Waals surface area (Å²) < 4.78 is 2.08. The summed E-state index contributed by atoms with van der Waals surface area (Å²) in [5, 5.41) is 14.1. The topological polar surface area (TPSA) is 126 Å². The molecule has 138 valence electrons. The van der Waals surface area contributed by atoms with Gasteiger partial charge in [0.05, 0.1) is 0 Å². The number of nitrogens with zero attached hydrogens (tertiary/aromatic N) is 3. The fourth-order valence-electron chi connectivity index (χ4n) is 3.67. The third kappa shape index (κ3) is 3.54. The van der Waals surface area contributed by atoms with E-state index < -0.39 is 29.7 Å². The highest BCUT2D eigenvalue weighted by Gasteiger charge is 2.24. The number of fused-ring (bicyclic) bond motifs is 1. The fraction of sp³-hybridized carbons (Fsp3) is 0.588. The van der Waals surface area contributed by atoms with Gasteiger partial charge in [-0.15, -0.1) is 0 Å². The number of rotatable bonds is 3. The van der Waals surface area contributed by atoms with E-state index in [0.717, 1.165) is 36.7 Å². The van der Waals surface area contributed by atoms with E-state index in [1.165, 1.54) is 4.57 Å². The van der Waals surface area contributed by atoms with Gasteiger partial charge in [-0.3, -0.25) is 19.5 Å². The van der Waals surface area contributed by atoms with Crippen LogP contribution in [-0.2, 0) is 24.3 Å². The molecule has 1 aliphatic carbocycles. The Morgan fingerprint density at radius 2 is 1.88 bits per heavy atom. The number of imide groups is 1. The van der Waals surface area contributed by atoms with Crippen LogP contribution < -0.4 is 21.9 Å². The lowest BCUT2D eigenvalue weighted by molar-refractivity contribution is -0.120. The smallest absolute Gasteiger partial charge is 0.331 e. The molecule has 1 aromatic rings. The number of hydrogen-bond acceptors (Lipinski definition) is 5. The van der Waals surface area contributed by atoms with Crippen molar-refractivity contribution in [3.63, 3.8) is 0 Å². The summed E-state index contributed by atoms with van der Waals surface area (Å²) in [5.74, 6) is -0.764. The lowest BCUT2D eigenvalue weighted by atomic mass is 9.96. The van der Waals surface area contributed by atoms with Gasteiger partial charge in [-0.2, -0.15) is 5.26 Å². The van der Waals surface area contributed by atoms with E-state index >= 15 is 0 Å². The van der Waals surface area contributed by atoms with Crippen LogP contribution in [0.4, 0.5) is 4.79 Å². The summed E-state index contributed by atoms with van der Waals surface area (Å²) in [4.78, 5) is 48.8. The summed E-state index contributed by atoms with van der Waals surface area (Å²) in [5.41, 5.74) is -1.09. The molecular weight excluding hydrogens is 338 g/mol. The van der Waals surface area contributed by atoms with Crippen molar-refractivity contribution in [1.29, 1.82) is 5.26 Å². The zero-order chi connectivity index (χ0) is 18.7. The number of hydrogen-bond donors (Lipinski definition) is 2. The predicted molar refractivity (Wildman–Crippen MR) is 91.5 cm³/mol. The zero-order valence-corrected chi connectivity index (χ0v) is 14.4. The number of nitrogens with one attached hydrogen (secondary N) is 2. The van der Waals surface area contributed by atoms with E-state index in [-0.39, 0.29) is 11.6 Å². The molecular formula is C17H21N5O4. The second kappa shape index (κ2) is 7.56. The Morgan fingerprint density at radius 1 is 1.15 bits per heavy atom. The fourth-order valence-corrected chi connectivity index (χ4v) is 3.67. The van der Waals surface area contributed by atoms with Gasteiger partial charge in [0, 0.05) is 18.3 Å². The van der Waals surface area contributed by atoms with E-state index in [4.69, 9.17) is 0 Å². The number of carbonyl (C=O) groups is 2. The Kier molecular flexibility index (Phi) is 5.21. The molecule has 0 atom stereocenters. The van der Waals surface area contributed by atoms with Crippen molar-refractivity contribution < 1.29 is 9.59 Å². The molecule has 3 rings (SSSR count). The van der Waals surface area contributed by atoms with Gasteiger partial charge in [-0.05, 0) is 25.7 Å². The summed E-state index contributed by atoms with van der Waals surface area (Å²) in [6, 6.07) is 1.24. The van der Waals surface area contributed by atoms with Crippen molar-refractivity contribution in [2.24, 2.45) is 0 Å². The average molecular weight is 359 g/mol. The lowest BCUT2D eigenvalue weighted by Gasteiger charge is -2.22. The molecule has 1 saturated carbocycles. The first kappa shape index (κ1) is 17.9. The Bertz CT molecular complexity index is 886. The minimum absolute atomic E-state index is 0.0371. The average Bonchev–Trinajstić information content (AvgIpc) is 3.09. The molecule has 1 aliphatic heterocycles. The number of nitriles is 1. The van der Waals surface area contributed by atoms with Crippen molar-refractivity contribution in [3.05, 3.63) is 32.1 Å². The van der Waals surface area contributed by atoms with E-state index in [1.807, 2.05) is 6.07 Å². The van der Waals surface area contributed by atoms with Gasteiger partial charge in [0.1, 0.15) is 18.2 Å². The molecule has 2 N–H and O–H groups in total. The van der Waals surface area contributed by atoms with Crippen LogP contribution in [0, 0.1) is 11.3 Å². The third-order valence-corrected chi connectivity index (χ3v) is 4.94. The lowest BCUT2D eigenvalue weighted by Crippen LogP contribution is -2.49. The van der Waals surface area contributed by atoms with Crippen molar-refractivity contribution in [1.82, 2.24) is 19.8 Å². The molecule has 1 aromatic heterocycles. The van der Waals surface area contributed by atoms with Crippen LogP contribution in [0.5, 0.6) is 0 Å². The van der Waals surface area contributed by atoms with Crippen molar-refractivity contribution in [2.75, 3.05) is 0 Å². The normalized spacial score (nSPS) is 16.6. The molecule has 0 aromatic carbocycles. The van der Waals surface area contributed by atoms with Gasteiger partial charge in [-0.1, -0.05) is 19.3 Å². The molecule has 9 heteroatoms. The Morgan fingerprint density at radius 3 is 2.58 bits per heavy atom. The predicted octanol–water partition coefficient (Wildman–Crippen LogP) is -0.0136. The molecule has 0 radical (unpaired) electrons. The first-order valence-corrected chi connectivity index (χ1v) is 8.88. The minimum Gasteiger partial charge on any atom is -0.335 e. The number of carbonyl (C=O) groups excluding carboxylic acids is 2. The molecule has 0 saturated heterocycles. The van der Waals surface area contributed by atoms with Gasteiger partial charge < -0.3 is 5.32 Å². The van der Waals surface area contributed by atoms with Crippen LogP contribution in [0.3, 0.4) is 0 Å². The van der Waals surface area contributed by atoms with Crippen LogP contribution in [0.25, 0.3) is 0 Å². The largest absolute Gasteiger partial charge is 0.335 e. The van der Waals surface area contributed by atoms with E-state index in [9.17, 15) is 24.4 Å². The molecule has 0 spiro atoms. The van der Waals surface area contributed by atoms with Gasteiger partial charge >= 0.3 is 11.7 Å². The highest BCUT2D eigenvalue weighted by atomic mass is 16.2. The number of aromatic nitrogens is 2. The number of urea groups is 1. The third-order valence-electron chi connectivity index (χ3n) is 4.94. The van der Waals surface area contributed by atoms with Crippen LogP contribution >= 0.6 is 0 Å². The van der Waals surface area contributed by atoms with Crippen LogP contribution in [-0.4, -0.2) is 27.1 Å². The monoisotopic (exact) mass is 359 g/mol. The maximum atomic E-state index is 12.4. The van der Waals surface area contributed by atoms with E-state index in [2.05, 4.69) is 10.6 Å². The van der Waals surface area contributed by atoms with Gasteiger partial charge in [0.2, 0.25) is 5.91 Å². The maximum absolute atomic E-state index is 12.4. The molecule has 3 amide bonds. The van der Waals surface area contributed by atoms with Crippen LogP contribution in [0.2, 0.25) is 0 Å². The second-order valence-electron chi connectivity index (χ2n) is 6.72. The first-order chi connectivity index (χ1) is 12.5. The molecule has 0 unspecified atom stereocenters. The van der Waals surface area contributed by atoms with Gasteiger partial charge in [0.15, 0.2) is 0 Å². The Labute approximate surface area is 149 Å².